The first-order valence-electron chi connectivity index (χ1n) is 12.9. The van der Waals surface area contributed by atoms with Crippen molar-refractivity contribution >= 4 is 17.7 Å². The number of carbonyl (C=O) groups excluding carboxylic acids is 2. The van der Waals surface area contributed by atoms with Crippen LogP contribution in [0.15, 0.2) is 85.3 Å². The van der Waals surface area contributed by atoms with Crippen LogP contribution < -0.4 is 4.90 Å². The van der Waals surface area contributed by atoms with Crippen molar-refractivity contribution in [2.75, 3.05) is 31.1 Å². The molecular formula is C30H32N4O3. The van der Waals surface area contributed by atoms with Gasteiger partial charge in [-0.05, 0) is 42.4 Å². The van der Waals surface area contributed by atoms with Crippen molar-refractivity contribution in [2.24, 2.45) is 11.8 Å². The van der Waals surface area contributed by atoms with Crippen LogP contribution >= 0.6 is 0 Å². The lowest BCUT2D eigenvalue weighted by atomic mass is 9.81. The number of carbonyl (C=O) groups is 2. The number of amides is 1. The molecule has 2 atom stereocenters. The number of nitrogens with zero attached hydrogens (tertiary/aromatic N) is 4. The number of fused-ring (bicyclic) bond motifs is 1. The zero-order valence-corrected chi connectivity index (χ0v) is 21.0. The van der Waals surface area contributed by atoms with Gasteiger partial charge in [0.25, 0.3) is 0 Å². The zero-order chi connectivity index (χ0) is 25.6. The monoisotopic (exact) mass is 496 g/mol. The van der Waals surface area contributed by atoms with Crippen molar-refractivity contribution in [2.45, 2.75) is 25.9 Å². The van der Waals surface area contributed by atoms with Crippen LogP contribution in [0.4, 0.5) is 5.82 Å². The second-order valence-electron chi connectivity index (χ2n) is 9.61. The molecule has 7 nitrogen and oxygen atoms in total. The molecule has 0 saturated carbocycles. The van der Waals surface area contributed by atoms with Gasteiger partial charge in [-0.25, -0.2) is 9.97 Å². The van der Waals surface area contributed by atoms with Gasteiger partial charge in [-0.3, -0.25) is 9.59 Å². The molecular weight excluding hydrogens is 464 g/mol. The fourth-order valence-corrected chi connectivity index (χ4v) is 5.26. The summed E-state index contributed by atoms with van der Waals surface area (Å²) in [5.74, 6) is 0.594. The fraction of sp³-hybridized carbons (Fsp3) is 0.333. The zero-order valence-electron chi connectivity index (χ0n) is 21.0. The van der Waals surface area contributed by atoms with Crippen LogP contribution in [0.3, 0.4) is 0 Å². The van der Waals surface area contributed by atoms with E-state index in [-0.39, 0.29) is 24.4 Å². The number of hydrogen-bond acceptors (Lipinski definition) is 6. The molecule has 0 spiro atoms. The molecule has 2 unspecified atom stereocenters. The highest BCUT2D eigenvalue weighted by molar-refractivity contribution is 5.87. The van der Waals surface area contributed by atoms with E-state index < -0.39 is 5.92 Å². The summed E-state index contributed by atoms with van der Waals surface area (Å²) in [6.07, 6.45) is 15.6. The van der Waals surface area contributed by atoms with E-state index in [0.717, 1.165) is 55.0 Å². The van der Waals surface area contributed by atoms with E-state index >= 15 is 0 Å². The van der Waals surface area contributed by atoms with Gasteiger partial charge in [-0.1, -0.05) is 67.3 Å². The van der Waals surface area contributed by atoms with Crippen molar-refractivity contribution in [3.8, 4) is 0 Å². The summed E-state index contributed by atoms with van der Waals surface area (Å²) in [5, 5.41) is 0. The number of aromatic nitrogens is 2. The number of ether oxygens (including phenoxy) is 1. The topological polar surface area (TPSA) is 75.6 Å². The summed E-state index contributed by atoms with van der Waals surface area (Å²) in [5.41, 5.74) is 4.40. The van der Waals surface area contributed by atoms with Gasteiger partial charge in [0.15, 0.2) is 0 Å². The standard InChI is InChI=1S/C30H32N4O3/c1-2-28(35)33-14-16-34(17-15-33)29-26-13-12-24(19-27(26)31-21-32-29)23-10-6-7-11-25(18-23)30(36)37-20-22-8-4-3-5-9-22/h2-11,18,21,24-25H,1,12-17,19-20H2. The lowest BCUT2D eigenvalue weighted by Crippen LogP contribution is -2.49. The maximum atomic E-state index is 12.9. The number of allylic oxidation sites excluding steroid dienone is 4. The summed E-state index contributed by atoms with van der Waals surface area (Å²) < 4.78 is 5.61. The predicted molar refractivity (Wildman–Crippen MR) is 143 cm³/mol. The Morgan fingerprint density at radius 2 is 1.89 bits per heavy atom. The van der Waals surface area contributed by atoms with Crippen LogP contribution in [0.1, 0.15) is 23.2 Å². The van der Waals surface area contributed by atoms with Gasteiger partial charge >= 0.3 is 5.97 Å². The van der Waals surface area contributed by atoms with Gasteiger partial charge in [0.2, 0.25) is 5.91 Å². The molecule has 5 rings (SSSR count). The van der Waals surface area contributed by atoms with Gasteiger partial charge in [0, 0.05) is 37.4 Å². The van der Waals surface area contributed by atoms with Gasteiger partial charge in [-0.15, -0.1) is 0 Å². The highest BCUT2D eigenvalue weighted by Crippen LogP contribution is 2.35. The van der Waals surface area contributed by atoms with Crippen molar-refractivity contribution in [3.63, 3.8) is 0 Å². The highest BCUT2D eigenvalue weighted by Gasteiger charge is 2.29. The molecule has 1 amide bonds. The van der Waals surface area contributed by atoms with Gasteiger partial charge < -0.3 is 14.5 Å². The Kier molecular flexibility index (Phi) is 7.59. The summed E-state index contributed by atoms with van der Waals surface area (Å²) in [6, 6.07) is 9.74. The Labute approximate surface area is 217 Å². The summed E-state index contributed by atoms with van der Waals surface area (Å²) in [7, 11) is 0. The Bertz CT molecular complexity index is 1240. The second kappa shape index (κ2) is 11.4. The number of esters is 1. The first-order chi connectivity index (χ1) is 18.1. The number of hydrogen-bond donors (Lipinski definition) is 0. The number of anilines is 1. The quantitative estimate of drug-likeness (QED) is 0.447. The van der Waals surface area contributed by atoms with Crippen molar-refractivity contribution in [1.29, 1.82) is 0 Å². The Morgan fingerprint density at radius 1 is 1.08 bits per heavy atom. The number of rotatable bonds is 6. The molecule has 2 heterocycles. The molecule has 7 heteroatoms. The van der Waals surface area contributed by atoms with Gasteiger partial charge in [0.05, 0.1) is 5.92 Å². The molecule has 3 aliphatic rings. The van der Waals surface area contributed by atoms with Crippen molar-refractivity contribution in [3.05, 3.63) is 102 Å². The molecule has 1 saturated heterocycles. The summed E-state index contributed by atoms with van der Waals surface area (Å²) >= 11 is 0. The largest absolute Gasteiger partial charge is 0.460 e. The molecule has 2 aromatic rings. The average molecular weight is 497 g/mol. The van der Waals surface area contributed by atoms with Gasteiger partial charge in [0.1, 0.15) is 18.8 Å². The molecule has 1 aromatic heterocycles. The molecule has 0 bridgehead atoms. The minimum atomic E-state index is -0.411. The lowest BCUT2D eigenvalue weighted by molar-refractivity contribution is -0.146. The van der Waals surface area contributed by atoms with Crippen LogP contribution in [-0.4, -0.2) is 52.9 Å². The van der Waals surface area contributed by atoms with Crippen molar-refractivity contribution in [1.82, 2.24) is 14.9 Å². The summed E-state index contributed by atoms with van der Waals surface area (Å²) in [4.78, 5) is 38.2. The van der Waals surface area contributed by atoms with E-state index in [9.17, 15) is 9.59 Å². The van der Waals surface area contributed by atoms with E-state index in [1.54, 1.807) is 6.33 Å². The second-order valence-corrected chi connectivity index (χ2v) is 9.61. The fourth-order valence-electron chi connectivity index (χ4n) is 5.26. The average Bonchev–Trinajstić information content (AvgIpc) is 3.22. The van der Waals surface area contributed by atoms with E-state index in [2.05, 4.69) is 27.5 Å². The molecule has 0 N–H and O–H groups in total. The first kappa shape index (κ1) is 24.7. The third-order valence-electron chi connectivity index (χ3n) is 7.32. The predicted octanol–water partition coefficient (Wildman–Crippen LogP) is 3.83. The minimum Gasteiger partial charge on any atom is -0.460 e. The Balaban J connectivity index is 1.26. The van der Waals surface area contributed by atoms with Crippen LogP contribution in [0.25, 0.3) is 0 Å². The number of benzene rings is 1. The SMILES string of the molecule is C=CC(=O)N1CCN(c2ncnc3c2CCC(C2=CC(C(=O)OCc4ccccc4)C=CC=C2)C3)CC1. The highest BCUT2D eigenvalue weighted by atomic mass is 16.5. The van der Waals surface area contributed by atoms with E-state index in [1.165, 1.54) is 11.6 Å². The number of piperazine rings is 1. The van der Waals surface area contributed by atoms with E-state index in [4.69, 9.17) is 4.74 Å². The third kappa shape index (κ3) is 5.71. The van der Waals surface area contributed by atoms with Crippen LogP contribution in [-0.2, 0) is 33.8 Å². The lowest BCUT2D eigenvalue weighted by Gasteiger charge is -2.37. The molecule has 0 radical (unpaired) electrons. The Morgan fingerprint density at radius 3 is 2.68 bits per heavy atom. The Hall–Kier alpha value is -4.00. The van der Waals surface area contributed by atoms with Crippen molar-refractivity contribution < 1.29 is 14.3 Å². The van der Waals surface area contributed by atoms with E-state index in [0.29, 0.717) is 13.1 Å². The maximum Gasteiger partial charge on any atom is 0.317 e. The third-order valence-corrected chi connectivity index (χ3v) is 7.32. The van der Waals surface area contributed by atoms with Crippen LogP contribution in [0.2, 0.25) is 0 Å². The van der Waals surface area contributed by atoms with Crippen LogP contribution in [0.5, 0.6) is 0 Å². The molecule has 2 aliphatic carbocycles. The molecule has 1 aromatic carbocycles. The van der Waals surface area contributed by atoms with Crippen LogP contribution in [0, 0.1) is 11.8 Å². The van der Waals surface area contributed by atoms with Gasteiger partial charge in [-0.2, -0.15) is 0 Å². The molecule has 1 fully saturated rings. The summed E-state index contributed by atoms with van der Waals surface area (Å²) in [6.45, 7) is 6.69. The minimum absolute atomic E-state index is 0.0197. The smallest absolute Gasteiger partial charge is 0.317 e. The normalized spacial score (nSPS) is 21.0. The first-order valence-corrected chi connectivity index (χ1v) is 12.9. The molecule has 1 aliphatic heterocycles. The van der Waals surface area contributed by atoms with E-state index in [1.807, 2.05) is 59.5 Å². The maximum absolute atomic E-state index is 12.9. The molecule has 190 valence electrons. The molecule has 37 heavy (non-hydrogen) atoms.